The van der Waals surface area contributed by atoms with E-state index in [2.05, 4.69) is 36.6 Å². The highest BCUT2D eigenvalue weighted by Crippen LogP contribution is 2.27. The van der Waals surface area contributed by atoms with Gasteiger partial charge in [-0.1, -0.05) is 13.0 Å². The van der Waals surface area contributed by atoms with Crippen LogP contribution in [0.15, 0.2) is 18.2 Å². The predicted molar refractivity (Wildman–Crippen MR) is 85.3 cm³/mol. The van der Waals surface area contributed by atoms with Crippen LogP contribution in [0, 0.1) is 6.92 Å². The fourth-order valence-electron chi connectivity index (χ4n) is 2.73. The Morgan fingerprint density at radius 1 is 1.38 bits per heavy atom. The summed E-state index contributed by atoms with van der Waals surface area (Å²) in [5.41, 5.74) is 10.8. The highest BCUT2D eigenvalue weighted by molar-refractivity contribution is 5.87. The second kappa shape index (κ2) is 6.31. The zero-order chi connectivity index (χ0) is 15.6. The third-order valence-electron chi connectivity index (χ3n) is 4.11. The lowest BCUT2D eigenvalue weighted by Crippen LogP contribution is -2.34. The van der Waals surface area contributed by atoms with Gasteiger partial charge < -0.3 is 15.0 Å². The number of nitrogens with zero attached hydrogens (tertiary/aromatic N) is 1. The van der Waals surface area contributed by atoms with E-state index in [9.17, 15) is 4.79 Å². The van der Waals surface area contributed by atoms with Crippen molar-refractivity contribution in [1.82, 2.24) is 4.57 Å². The van der Waals surface area contributed by atoms with Gasteiger partial charge in [0, 0.05) is 30.1 Å². The SMILES string of the molecule is CCOC(=O)C(N)Cc1c(C)n(C)c2ccc(CC)cc12. The molecule has 0 amide bonds. The van der Waals surface area contributed by atoms with Gasteiger partial charge in [-0.25, -0.2) is 0 Å². The van der Waals surface area contributed by atoms with Gasteiger partial charge in [0.05, 0.1) is 6.61 Å². The normalized spacial score (nSPS) is 12.6. The van der Waals surface area contributed by atoms with E-state index in [4.69, 9.17) is 10.5 Å². The standard InChI is InChI=1S/C17H24N2O2/c1-5-12-7-8-16-14(9-12)13(11(3)19(16)4)10-15(18)17(20)21-6-2/h7-9,15H,5-6,10,18H2,1-4H3. The van der Waals surface area contributed by atoms with Gasteiger partial charge in [0.25, 0.3) is 0 Å². The van der Waals surface area contributed by atoms with Gasteiger partial charge >= 0.3 is 5.97 Å². The molecule has 0 radical (unpaired) electrons. The summed E-state index contributed by atoms with van der Waals surface area (Å²) in [6.07, 6.45) is 1.50. The number of aromatic nitrogens is 1. The van der Waals surface area contributed by atoms with E-state index >= 15 is 0 Å². The van der Waals surface area contributed by atoms with Crippen molar-refractivity contribution < 1.29 is 9.53 Å². The van der Waals surface area contributed by atoms with Crippen molar-refractivity contribution in [3.8, 4) is 0 Å². The molecule has 2 N–H and O–H groups in total. The average Bonchev–Trinajstić information content (AvgIpc) is 2.72. The van der Waals surface area contributed by atoms with Crippen LogP contribution < -0.4 is 5.73 Å². The minimum absolute atomic E-state index is 0.333. The predicted octanol–water partition coefficient (Wildman–Crippen LogP) is 2.48. The van der Waals surface area contributed by atoms with Gasteiger partial charge in [0.2, 0.25) is 0 Å². The van der Waals surface area contributed by atoms with Crippen LogP contribution in [0.25, 0.3) is 10.9 Å². The van der Waals surface area contributed by atoms with Crippen LogP contribution in [0.3, 0.4) is 0 Å². The van der Waals surface area contributed by atoms with Crippen molar-refractivity contribution in [2.45, 2.75) is 39.7 Å². The Kier molecular flexibility index (Phi) is 4.68. The summed E-state index contributed by atoms with van der Waals surface area (Å²) in [5.74, 6) is -0.333. The summed E-state index contributed by atoms with van der Waals surface area (Å²) in [6, 6.07) is 5.88. The molecule has 0 fully saturated rings. The second-order valence-electron chi connectivity index (χ2n) is 5.39. The Labute approximate surface area is 125 Å². The molecule has 1 aromatic carbocycles. The molecule has 2 rings (SSSR count). The van der Waals surface area contributed by atoms with Crippen molar-refractivity contribution in [2.75, 3.05) is 6.61 Å². The van der Waals surface area contributed by atoms with Gasteiger partial charge in [-0.2, -0.15) is 0 Å². The molecule has 1 unspecified atom stereocenters. The molecule has 1 atom stereocenters. The van der Waals surface area contributed by atoms with Gasteiger partial charge in [0.15, 0.2) is 0 Å². The number of hydrogen-bond donors (Lipinski definition) is 1. The fourth-order valence-corrected chi connectivity index (χ4v) is 2.73. The summed E-state index contributed by atoms with van der Waals surface area (Å²) in [7, 11) is 2.04. The van der Waals surface area contributed by atoms with Gasteiger partial charge in [-0.3, -0.25) is 4.79 Å². The zero-order valence-electron chi connectivity index (χ0n) is 13.3. The van der Waals surface area contributed by atoms with Gasteiger partial charge in [-0.15, -0.1) is 0 Å². The maximum atomic E-state index is 11.8. The molecule has 114 valence electrons. The molecule has 0 saturated heterocycles. The Hall–Kier alpha value is -1.81. The molecule has 0 bridgehead atoms. The van der Waals surface area contributed by atoms with Crippen LogP contribution >= 0.6 is 0 Å². The van der Waals surface area contributed by atoms with Crippen LogP contribution in [0.5, 0.6) is 0 Å². The van der Waals surface area contributed by atoms with Crippen LogP contribution in [-0.4, -0.2) is 23.2 Å². The monoisotopic (exact) mass is 288 g/mol. The number of esters is 1. The van der Waals surface area contributed by atoms with Gasteiger partial charge in [0.1, 0.15) is 6.04 Å². The molecule has 4 nitrogen and oxygen atoms in total. The van der Waals surface area contributed by atoms with Crippen LogP contribution in [-0.2, 0) is 29.4 Å². The number of fused-ring (bicyclic) bond motifs is 1. The topological polar surface area (TPSA) is 57.2 Å². The van der Waals surface area contributed by atoms with E-state index in [1.807, 2.05) is 7.05 Å². The first-order chi connectivity index (χ1) is 9.99. The van der Waals surface area contributed by atoms with E-state index in [0.717, 1.165) is 17.7 Å². The molecule has 21 heavy (non-hydrogen) atoms. The van der Waals surface area contributed by atoms with Crippen molar-refractivity contribution in [2.24, 2.45) is 12.8 Å². The van der Waals surface area contributed by atoms with Crippen molar-refractivity contribution >= 4 is 16.9 Å². The van der Waals surface area contributed by atoms with Crippen molar-refractivity contribution in [3.63, 3.8) is 0 Å². The molecular formula is C17H24N2O2. The first-order valence-corrected chi connectivity index (χ1v) is 7.48. The fraction of sp³-hybridized carbons (Fsp3) is 0.471. The summed E-state index contributed by atoms with van der Waals surface area (Å²) < 4.78 is 7.16. The molecule has 0 saturated carbocycles. The third kappa shape index (κ3) is 2.95. The van der Waals surface area contributed by atoms with Gasteiger partial charge in [-0.05, 0) is 43.5 Å². The van der Waals surface area contributed by atoms with E-state index in [1.54, 1.807) is 6.92 Å². The summed E-state index contributed by atoms with van der Waals surface area (Å²) in [5, 5.41) is 1.19. The van der Waals surface area contributed by atoms with E-state index in [1.165, 1.54) is 16.5 Å². The van der Waals surface area contributed by atoms with Crippen LogP contribution in [0.1, 0.15) is 30.7 Å². The number of aryl methyl sites for hydroxylation is 2. The lowest BCUT2D eigenvalue weighted by molar-refractivity contribution is -0.144. The molecule has 1 heterocycles. The molecule has 2 aromatic rings. The number of carbonyl (C=O) groups excluding carboxylic acids is 1. The Balaban J connectivity index is 2.42. The quantitative estimate of drug-likeness (QED) is 0.860. The molecule has 1 aromatic heterocycles. The molecule has 4 heteroatoms. The Morgan fingerprint density at radius 3 is 2.71 bits per heavy atom. The van der Waals surface area contributed by atoms with E-state index in [0.29, 0.717) is 13.0 Å². The Morgan fingerprint density at radius 2 is 2.10 bits per heavy atom. The minimum atomic E-state index is -0.612. The zero-order valence-corrected chi connectivity index (χ0v) is 13.3. The highest BCUT2D eigenvalue weighted by atomic mass is 16.5. The third-order valence-corrected chi connectivity index (χ3v) is 4.11. The maximum Gasteiger partial charge on any atom is 0.323 e. The number of carbonyl (C=O) groups is 1. The number of nitrogens with two attached hydrogens (primary N) is 1. The number of hydrogen-bond acceptors (Lipinski definition) is 3. The molecule has 0 aliphatic heterocycles. The minimum Gasteiger partial charge on any atom is -0.465 e. The van der Waals surface area contributed by atoms with Crippen LogP contribution in [0.2, 0.25) is 0 Å². The number of rotatable bonds is 5. The van der Waals surface area contributed by atoms with E-state index in [-0.39, 0.29) is 5.97 Å². The molecule has 0 spiro atoms. The first-order valence-electron chi connectivity index (χ1n) is 7.48. The van der Waals surface area contributed by atoms with Crippen molar-refractivity contribution in [3.05, 3.63) is 35.0 Å². The lowest BCUT2D eigenvalue weighted by atomic mass is 10.0. The molecule has 0 aliphatic rings. The largest absolute Gasteiger partial charge is 0.465 e. The summed E-state index contributed by atoms with van der Waals surface area (Å²) in [4.78, 5) is 11.8. The summed E-state index contributed by atoms with van der Waals surface area (Å²) >= 11 is 0. The highest BCUT2D eigenvalue weighted by Gasteiger charge is 2.20. The molecular weight excluding hydrogens is 264 g/mol. The second-order valence-corrected chi connectivity index (χ2v) is 5.39. The lowest BCUT2D eigenvalue weighted by Gasteiger charge is -2.11. The Bertz CT molecular complexity index is 658. The molecule has 0 aliphatic carbocycles. The average molecular weight is 288 g/mol. The smallest absolute Gasteiger partial charge is 0.323 e. The summed E-state index contributed by atoms with van der Waals surface area (Å²) in [6.45, 7) is 6.36. The first kappa shape index (κ1) is 15.6. The number of ether oxygens (including phenoxy) is 1. The van der Waals surface area contributed by atoms with Crippen molar-refractivity contribution in [1.29, 1.82) is 0 Å². The number of benzene rings is 1. The maximum absolute atomic E-state index is 11.8. The van der Waals surface area contributed by atoms with Crippen LogP contribution in [0.4, 0.5) is 0 Å². The van der Waals surface area contributed by atoms with E-state index < -0.39 is 6.04 Å².